The first-order valence-electron chi connectivity index (χ1n) is 11.7. The molecule has 174 valence electrons. The number of amides is 2. The average Bonchev–Trinajstić information content (AvgIpc) is 3.09. The van der Waals surface area contributed by atoms with E-state index in [-0.39, 0.29) is 11.6 Å². The lowest BCUT2D eigenvalue weighted by molar-refractivity contribution is -0.120. The van der Waals surface area contributed by atoms with E-state index in [4.69, 9.17) is 4.74 Å². The third-order valence-electron chi connectivity index (χ3n) is 6.19. The fourth-order valence-corrected chi connectivity index (χ4v) is 4.60. The van der Waals surface area contributed by atoms with Gasteiger partial charge in [0.2, 0.25) is 0 Å². The minimum absolute atomic E-state index is 0.254. The summed E-state index contributed by atoms with van der Waals surface area (Å²) in [7, 11) is 0. The maximum Gasteiger partial charge on any atom is 0.282 e. The van der Waals surface area contributed by atoms with E-state index in [0.717, 1.165) is 33.2 Å². The van der Waals surface area contributed by atoms with Crippen molar-refractivity contribution in [1.29, 1.82) is 0 Å². The standard InChI is InChI=1S/C30H26N2O3/c1-4-35-26-15-8-7-14-25(26)32-29(33)27(22-17-16-19(2)18-20(22)3)28(30(32)34)31-24-13-9-11-21-10-5-6-12-23(21)24/h5-18,31H,4H2,1-3H3. The number of ether oxygens (including phenoxy) is 1. The van der Waals surface area contributed by atoms with E-state index < -0.39 is 5.91 Å². The van der Waals surface area contributed by atoms with Gasteiger partial charge in [0.15, 0.2) is 0 Å². The monoisotopic (exact) mass is 462 g/mol. The largest absolute Gasteiger partial charge is 0.492 e. The molecule has 5 heteroatoms. The fraction of sp³-hybridized carbons (Fsp3) is 0.133. The highest BCUT2D eigenvalue weighted by atomic mass is 16.5. The van der Waals surface area contributed by atoms with Gasteiger partial charge in [-0.05, 0) is 55.5 Å². The lowest BCUT2D eigenvalue weighted by Crippen LogP contribution is -2.32. The van der Waals surface area contributed by atoms with Crippen molar-refractivity contribution in [3.63, 3.8) is 0 Å². The van der Waals surface area contributed by atoms with Crippen LogP contribution in [0.15, 0.2) is 90.6 Å². The van der Waals surface area contributed by atoms with E-state index >= 15 is 0 Å². The van der Waals surface area contributed by atoms with Crippen LogP contribution in [0, 0.1) is 13.8 Å². The molecule has 0 atom stereocenters. The van der Waals surface area contributed by atoms with Crippen LogP contribution in [0.5, 0.6) is 5.75 Å². The molecule has 0 radical (unpaired) electrons. The molecule has 1 aliphatic rings. The molecule has 35 heavy (non-hydrogen) atoms. The normalized spacial score (nSPS) is 13.6. The van der Waals surface area contributed by atoms with Crippen LogP contribution in [-0.4, -0.2) is 18.4 Å². The predicted molar refractivity (Wildman–Crippen MR) is 141 cm³/mol. The molecule has 0 spiro atoms. The minimum atomic E-state index is -0.412. The molecule has 0 aliphatic carbocycles. The Kier molecular flexibility index (Phi) is 5.83. The summed E-state index contributed by atoms with van der Waals surface area (Å²) >= 11 is 0. The second kappa shape index (κ2) is 9.11. The maximum atomic E-state index is 13.9. The van der Waals surface area contributed by atoms with E-state index in [1.165, 1.54) is 4.90 Å². The number of carbonyl (C=O) groups is 2. The van der Waals surface area contributed by atoms with Crippen LogP contribution in [0.25, 0.3) is 16.3 Å². The zero-order valence-corrected chi connectivity index (χ0v) is 20.0. The Morgan fingerprint density at radius 3 is 2.37 bits per heavy atom. The van der Waals surface area contributed by atoms with E-state index in [9.17, 15) is 9.59 Å². The van der Waals surface area contributed by atoms with Crippen molar-refractivity contribution in [3.8, 4) is 5.75 Å². The summed E-state index contributed by atoms with van der Waals surface area (Å²) in [5.74, 6) is -0.301. The summed E-state index contributed by atoms with van der Waals surface area (Å²) in [6.07, 6.45) is 0. The Hall–Kier alpha value is -4.38. The molecule has 0 unspecified atom stereocenters. The quantitative estimate of drug-likeness (QED) is 0.344. The Balaban J connectivity index is 1.69. The van der Waals surface area contributed by atoms with Crippen molar-refractivity contribution in [2.24, 2.45) is 0 Å². The van der Waals surface area contributed by atoms with Crippen molar-refractivity contribution >= 4 is 39.5 Å². The first-order chi connectivity index (χ1) is 17.0. The summed E-state index contributed by atoms with van der Waals surface area (Å²) < 4.78 is 5.75. The lowest BCUT2D eigenvalue weighted by atomic mass is 9.97. The number of nitrogens with zero attached hydrogens (tertiary/aromatic N) is 1. The summed E-state index contributed by atoms with van der Waals surface area (Å²) in [5, 5.41) is 5.34. The van der Waals surface area contributed by atoms with Gasteiger partial charge in [0, 0.05) is 11.1 Å². The lowest BCUT2D eigenvalue weighted by Gasteiger charge is -2.19. The van der Waals surface area contributed by atoms with Crippen LogP contribution in [0.2, 0.25) is 0 Å². The molecular weight excluding hydrogens is 436 g/mol. The molecule has 2 amide bonds. The SMILES string of the molecule is CCOc1ccccc1N1C(=O)C(Nc2cccc3ccccc23)=C(c2ccc(C)cc2C)C1=O. The van der Waals surface area contributed by atoms with Crippen molar-refractivity contribution in [2.75, 3.05) is 16.8 Å². The van der Waals surface area contributed by atoms with Crippen molar-refractivity contribution in [3.05, 3.63) is 107 Å². The second-order valence-corrected chi connectivity index (χ2v) is 8.57. The van der Waals surface area contributed by atoms with Crippen molar-refractivity contribution < 1.29 is 14.3 Å². The molecular formula is C30H26N2O3. The van der Waals surface area contributed by atoms with Crippen molar-refractivity contribution in [2.45, 2.75) is 20.8 Å². The molecule has 1 N–H and O–H groups in total. The molecule has 5 rings (SSSR count). The fourth-order valence-electron chi connectivity index (χ4n) is 4.60. The Labute approximate surface area is 204 Å². The molecule has 0 saturated heterocycles. The van der Waals surface area contributed by atoms with E-state index in [1.54, 1.807) is 18.2 Å². The molecule has 0 saturated carbocycles. The van der Waals surface area contributed by atoms with E-state index in [2.05, 4.69) is 5.32 Å². The van der Waals surface area contributed by atoms with Crippen LogP contribution >= 0.6 is 0 Å². The number of nitrogens with one attached hydrogen (secondary N) is 1. The van der Waals surface area contributed by atoms with Gasteiger partial charge in [-0.1, -0.05) is 72.3 Å². The maximum absolute atomic E-state index is 13.9. The Morgan fingerprint density at radius 1 is 0.829 bits per heavy atom. The van der Waals surface area contributed by atoms with Gasteiger partial charge >= 0.3 is 0 Å². The number of rotatable bonds is 6. The number of anilines is 2. The number of aryl methyl sites for hydroxylation is 2. The predicted octanol–water partition coefficient (Wildman–Crippen LogP) is 6.25. The number of hydrogen-bond donors (Lipinski definition) is 1. The molecule has 0 aromatic heterocycles. The van der Waals surface area contributed by atoms with Crippen LogP contribution in [-0.2, 0) is 9.59 Å². The van der Waals surface area contributed by atoms with Crippen molar-refractivity contribution in [1.82, 2.24) is 0 Å². The first-order valence-corrected chi connectivity index (χ1v) is 11.7. The Morgan fingerprint density at radius 2 is 1.57 bits per heavy atom. The highest BCUT2D eigenvalue weighted by Gasteiger charge is 2.42. The van der Waals surface area contributed by atoms with Crippen LogP contribution in [0.1, 0.15) is 23.6 Å². The Bertz CT molecular complexity index is 1500. The summed E-state index contributed by atoms with van der Waals surface area (Å²) in [6, 6.07) is 26.8. The van der Waals surface area contributed by atoms with Gasteiger partial charge in [-0.2, -0.15) is 0 Å². The zero-order chi connectivity index (χ0) is 24.5. The molecule has 5 nitrogen and oxygen atoms in total. The van der Waals surface area contributed by atoms with Gasteiger partial charge in [-0.25, -0.2) is 4.90 Å². The third-order valence-corrected chi connectivity index (χ3v) is 6.19. The zero-order valence-electron chi connectivity index (χ0n) is 20.0. The summed E-state index contributed by atoms with van der Waals surface area (Å²) in [5.41, 5.74) is 4.55. The molecule has 4 aromatic rings. The van der Waals surface area contributed by atoms with Crippen LogP contribution in [0.3, 0.4) is 0 Å². The van der Waals surface area contributed by atoms with Gasteiger partial charge in [-0.15, -0.1) is 0 Å². The van der Waals surface area contributed by atoms with Gasteiger partial charge in [0.1, 0.15) is 11.4 Å². The number of carbonyl (C=O) groups excluding carboxylic acids is 2. The van der Waals surface area contributed by atoms with Crippen LogP contribution < -0.4 is 15.0 Å². The number of imide groups is 1. The van der Waals surface area contributed by atoms with Gasteiger partial charge in [0.05, 0.1) is 17.9 Å². The van der Waals surface area contributed by atoms with E-state index in [1.807, 2.05) is 87.5 Å². The van der Waals surface area contributed by atoms with Gasteiger partial charge in [-0.3, -0.25) is 9.59 Å². The highest BCUT2D eigenvalue weighted by Crippen LogP contribution is 2.39. The average molecular weight is 463 g/mol. The molecule has 0 bridgehead atoms. The topological polar surface area (TPSA) is 58.6 Å². The minimum Gasteiger partial charge on any atom is -0.492 e. The number of para-hydroxylation sites is 2. The number of benzene rings is 4. The smallest absolute Gasteiger partial charge is 0.282 e. The van der Waals surface area contributed by atoms with E-state index in [0.29, 0.717) is 23.6 Å². The highest BCUT2D eigenvalue weighted by molar-refractivity contribution is 6.46. The van der Waals surface area contributed by atoms with Crippen LogP contribution in [0.4, 0.5) is 11.4 Å². The molecule has 1 heterocycles. The van der Waals surface area contributed by atoms with Gasteiger partial charge < -0.3 is 10.1 Å². The molecule has 4 aromatic carbocycles. The summed E-state index contributed by atoms with van der Waals surface area (Å²) in [4.78, 5) is 29.0. The second-order valence-electron chi connectivity index (χ2n) is 8.57. The molecule has 1 aliphatic heterocycles. The molecule has 0 fully saturated rings. The first kappa shape index (κ1) is 22.4. The number of fused-ring (bicyclic) bond motifs is 1. The third kappa shape index (κ3) is 3.95. The number of hydrogen-bond acceptors (Lipinski definition) is 4. The summed E-state index contributed by atoms with van der Waals surface area (Å²) in [6.45, 7) is 6.26. The van der Waals surface area contributed by atoms with Gasteiger partial charge in [0.25, 0.3) is 11.8 Å².